The first-order chi connectivity index (χ1) is 14.0. The van der Waals surface area contributed by atoms with Gasteiger partial charge in [0.1, 0.15) is 5.82 Å². The fraction of sp³-hybridized carbons (Fsp3) is 0.545. The summed E-state index contributed by atoms with van der Waals surface area (Å²) in [6.07, 6.45) is 8.13. The second kappa shape index (κ2) is 8.35. The molecule has 2 aliphatic rings. The van der Waals surface area contributed by atoms with Crippen molar-refractivity contribution in [3.8, 4) is 0 Å². The second-order valence-corrected chi connectivity index (χ2v) is 8.32. The Morgan fingerprint density at radius 2 is 1.90 bits per heavy atom. The summed E-state index contributed by atoms with van der Waals surface area (Å²) in [6, 6.07) is 5.09. The number of benzene rings is 1. The van der Waals surface area contributed by atoms with Crippen LogP contribution in [-0.2, 0) is 22.6 Å². The van der Waals surface area contributed by atoms with Gasteiger partial charge in [0, 0.05) is 24.7 Å². The van der Waals surface area contributed by atoms with Gasteiger partial charge in [-0.2, -0.15) is 0 Å². The van der Waals surface area contributed by atoms with Crippen molar-refractivity contribution < 1.29 is 9.59 Å². The third kappa shape index (κ3) is 4.18. The first-order valence-corrected chi connectivity index (χ1v) is 10.7. The molecule has 154 valence electrons. The van der Waals surface area contributed by atoms with Gasteiger partial charge in [-0.3, -0.25) is 19.0 Å². The first-order valence-electron chi connectivity index (χ1n) is 10.7. The number of fused-ring (bicyclic) bond motifs is 2. The Labute approximate surface area is 169 Å². The monoisotopic (exact) mass is 396 g/mol. The molecule has 2 atom stereocenters. The van der Waals surface area contributed by atoms with E-state index >= 15 is 0 Å². The minimum atomic E-state index is -0.704. The summed E-state index contributed by atoms with van der Waals surface area (Å²) >= 11 is 0. The van der Waals surface area contributed by atoms with Crippen LogP contribution in [0.2, 0.25) is 0 Å². The van der Waals surface area contributed by atoms with E-state index in [-0.39, 0.29) is 11.6 Å². The fourth-order valence-electron chi connectivity index (χ4n) is 4.45. The number of carbonyl (C=O) groups excluding carboxylic acids is 2. The SMILES string of the molecule is C[C@H]1CCCC[C@H]1NC(=O)C(=O)Nc1ccc2nc3n(c(=O)c2c1)CCCCC3. The van der Waals surface area contributed by atoms with Crippen LogP contribution in [0.4, 0.5) is 5.69 Å². The van der Waals surface area contributed by atoms with E-state index in [0.717, 1.165) is 50.8 Å². The van der Waals surface area contributed by atoms with Gasteiger partial charge >= 0.3 is 11.8 Å². The van der Waals surface area contributed by atoms with Crippen molar-refractivity contribution in [2.75, 3.05) is 5.32 Å². The van der Waals surface area contributed by atoms with Crippen LogP contribution >= 0.6 is 0 Å². The minimum absolute atomic E-state index is 0.0444. The summed E-state index contributed by atoms with van der Waals surface area (Å²) < 4.78 is 1.75. The van der Waals surface area contributed by atoms with Gasteiger partial charge in [-0.1, -0.05) is 26.2 Å². The lowest BCUT2D eigenvalue weighted by Crippen LogP contribution is -2.45. The minimum Gasteiger partial charge on any atom is -0.345 e. The molecule has 1 aromatic carbocycles. The van der Waals surface area contributed by atoms with Gasteiger partial charge in [-0.25, -0.2) is 4.98 Å². The molecule has 4 rings (SSSR count). The molecule has 2 heterocycles. The van der Waals surface area contributed by atoms with Crippen LogP contribution in [0, 0.1) is 5.92 Å². The normalized spacial score (nSPS) is 21.8. The number of nitrogens with zero attached hydrogens (tertiary/aromatic N) is 2. The molecule has 7 nitrogen and oxygen atoms in total. The Hall–Kier alpha value is -2.70. The lowest BCUT2D eigenvalue weighted by Gasteiger charge is -2.29. The molecule has 0 unspecified atom stereocenters. The van der Waals surface area contributed by atoms with E-state index in [4.69, 9.17) is 0 Å². The Morgan fingerprint density at radius 3 is 2.72 bits per heavy atom. The first kappa shape index (κ1) is 19.6. The van der Waals surface area contributed by atoms with Crippen LogP contribution < -0.4 is 16.2 Å². The van der Waals surface area contributed by atoms with E-state index in [1.807, 2.05) is 0 Å². The number of amides is 2. The van der Waals surface area contributed by atoms with Crippen molar-refractivity contribution >= 4 is 28.4 Å². The fourth-order valence-corrected chi connectivity index (χ4v) is 4.45. The summed E-state index contributed by atoms with van der Waals surface area (Å²) in [5.41, 5.74) is 0.979. The van der Waals surface area contributed by atoms with E-state index in [1.165, 1.54) is 6.42 Å². The number of rotatable bonds is 2. The van der Waals surface area contributed by atoms with E-state index < -0.39 is 11.8 Å². The maximum atomic E-state index is 12.9. The predicted octanol–water partition coefficient (Wildman–Crippen LogP) is 2.76. The quantitative estimate of drug-likeness (QED) is 0.764. The molecule has 2 amide bonds. The van der Waals surface area contributed by atoms with Crippen LogP contribution in [0.5, 0.6) is 0 Å². The zero-order chi connectivity index (χ0) is 20.4. The molecule has 2 N–H and O–H groups in total. The molecule has 0 spiro atoms. The highest BCUT2D eigenvalue weighted by Crippen LogP contribution is 2.24. The van der Waals surface area contributed by atoms with E-state index in [2.05, 4.69) is 22.5 Å². The van der Waals surface area contributed by atoms with Gasteiger partial charge < -0.3 is 10.6 Å². The lowest BCUT2D eigenvalue weighted by atomic mass is 9.86. The zero-order valence-corrected chi connectivity index (χ0v) is 16.9. The van der Waals surface area contributed by atoms with E-state index in [9.17, 15) is 14.4 Å². The summed E-state index contributed by atoms with van der Waals surface area (Å²) in [4.78, 5) is 42.3. The maximum Gasteiger partial charge on any atom is 0.313 e. The van der Waals surface area contributed by atoms with Gasteiger partial charge in [0.2, 0.25) is 0 Å². The standard InChI is InChI=1S/C22H28N4O3/c1-14-7-4-5-8-17(14)25-21(28)20(27)23-15-10-11-18-16(13-15)22(29)26-12-6-2-3-9-19(26)24-18/h10-11,13-14,17H,2-9,12H2,1H3,(H,23,27)(H,25,28)/t14-,17+/m0/s1. The molecule has 0 radical (unpaired) electrons. The summed E-state index contributed by atoms with van der Waals surface area (Å²) in [5.74, 6) is -0.120. The van der Waals surface area contributed by atoms with Crippen molar-refractivity contribution in [1.29, 1.82) is 0 Å². The summed E-state index contributed by atoms with van der Waals surface area (Å²) in [6.45, 7) is 2.78. The highest BCUT2D eigenvalue weighted by atomic mass is 16.2. The molecule has 0 saturated heterocycles. The Kier molecular flexibility index (Phi) is 5.65. The number of hydrogen-bond donors (Lipinski definition) is 2. The number of carbonyl (C=O) groups is 2. The Morgan fingerprint density at radius 1 is 1.07 bits per heavy atom. The van der Waals surface area contributed by atoms with Gasteiger partial charge in [0.15, 0.2) is 0 Å². The highest BCUT2D eigenvalue weighted by Gasteiger charge is 2.25. The van der Waals surface area contributed by atoms with Crippen molar-refractivity contribution in [2.24, 2.45) is 5.92 Å². The molecule has 1 aliphatic carbocycles. The number of nitrogens with one attached hydrogen (secondary N) is 2. The van der Waals surface area contributed by atoms with Crippen molar-refractivity contribution in [1.82, 2.24) is 14.9 Å². The number of hydrogen-bond acceptors (Lipinski definition) is 4. The average molecular weight is 396 g/mol. The summed E-state index contributed by atoms with van der Waals surface area (Å²) in [7, 11) is 0. The van der Waals surface area contributed by atoms with Crippen LogP contribution in [0.3, 0.4) is 0 Å². The lowest BCUT2D eigenvalue weighted by molar-refractivity contribution is -0.137. The predicted molar refractivity (Wildman–Crippen MR) is 112 cm³/mol. The van der Waals surface area contributed by atoms with E-state index in [0.29, 0.717) is 29.1 Å². The molecule has 0 bridgehead atoms. The number of aryl methyl sites for hydroxylation is 1. The average Bonchev–Trinajstić information content (AvgIpc) is 2.96. The molecule has 1 aromatic heterocycles. The van der Waals surface area contributed by atoms with Crippen LogP contribution in [0.1, 0.15) is 57.7 Å². The Balaban J connectivity index is 1.52. The largest absolute Gasteiger partial charge is 0.345 e. The molecule has 29 heavy (non-hydrogen) atoms. The molecule has 1 saturated carbocycles. The topological polar surface area (TPSA) is 93.1 Å². The number of aromatic nitrogens is 2. The van der Waals surface area contributed by atoms with Crippen molar-refractivity contribution in [3.63, 3.8) is 0 Å². The Bertz CT molecular complexity index is 997. The van der Waals surface area contributed by atoms with Gasteiger partial charge in [0.25, 0.3) is 5.56 Å². The molecule has 2 aromatic rings. The second-order valence-electron chi connectivity index (χ2n) is 8.32. The molecule has 7 heteroatoms. The van der Waals surface area contributed by atoms with Crippen molar-refractivity contribution in [2.45, 2.75) is 70.9 Å². The molecular formula is C22H28N4O3. The third-order valence-electron chi connectivity index (χ3n) is 6.21. The third-order valence-corrected chi connectivity index (χ3v) is 6.21. The highest BCUT2D eigenvalue weighted by molar-refractivity contribution is 6.39. The van der Waals surface area contributed by atoms with Gasteiger partial charge in [-0.05, 0) is 49.8 Å². The smallest absolute Gasteiger partial charge is 0.313 e. The zero-order valence-electron chi connectivity index (χ0n) is 16.9. The van der Waals surface area contributed by atoms with Crippen molar-refractivity contribution in [3.05, 3.63) is 34.4 Å². The van der Waals surface area contributed by atoms with Crippen LogP contribution in [0.25, 0.3) is 10.9 Å². The molecule has 1 fully saturated rings. The van der Waals surface area contributed by atoms with Gasteiger partial charge in [-0.15, -0.1) is 0 Å². The number of anilines is 1. The maximum absolute atomic E-state index is 12.9. The van der Waals surface area contributed by atoms with Gasteiger partial charge in [0.05, 0.1) is 10.9 Å². The van der Waals surface area contributed by atoms with E-state index in [1.54, 1.807) is 22.8 Å². The molecule has 1 aliphatic heterocycles. The summed E-state index contributed by atoms with van der Waals surface area (Å²) in [5, 5.41) is 5.95. The van der Waals surface area contributed by atoms with Crippen LogP contribution in [0.15, 0.2) is 23.0 Å². The van der Waals surface area contributed by atoms with Crippen LogP contribution in [-0.4, -0.2) is 27.4 Å². The molecular weight excluding hydrogens is 368 g/mol.